The van der Waals surface area contributed by atoms with E-state index in [4.69, 9.17) is 5.11 Å². The highest BCUT2D eigenvalue weighted by Crippen LogP contribution is 1.91. The largest absolute Gasteiger partial charge is 0.396 e. The minimum atomic E-state index is 0.0912. The van der Waals surface area contributed by atoms with E-state index in [0.29, 0.717) is 13.0 Å². The molecule has 0 aromatic carbocycles. The van der Waals surface area contributed by atoms with Crippen LogP contribution in [-0.2, 0) is 4.79 Å². The SMILES string of the molecule is CCC(C)NC(=O)CCNCC(C)CO. The number of amides is 1. The Kier molecular flexibility index (Phi) is 8.33. The van der Waals surface area contributed by atoms with Crippen LogP contribution in [0.3, 0.4) is 0 Å². The normalized spacial score (nSPS) is 14.7. The highest BCUT2D eigenvalue weighted by molar-refractivity contribution is 5.76. The van der Waals surface area contributed by atoms with E-state index in [0.717, 1.165) is 13.0 Å². The summed E-state index contributed by atoms with van der Waals surface area (Å²) in [5, 5.41) is 14.8. The summed E-state index contributed by atoms with van der Waals surface area (Å²) in [6.45, 7) is 7.63. The van der Waals surface area contributed by atoms with E-state index < -0.39 is 0 Å². The molecule has 2 unspecified atom stereocenters. The molecule has 0 spiro atoms. The van der Waals surface area contributed by atoms with Crippen molar-refractivity contribution < 1.29 is 9.90 Å². The van der Waals surface area contributed by atoms with Gasteiger partial charge < -0.3 is 15.7 Å². The molecule has 0 aliphatic carbocycles. The second kappa shape index (κ2) is 8.68. The summed E-state index contributed by atoms with van der Waals surface area (Å²) in [4.78, 5) is 11.3. The monoisotopic (exact) mass is 216 g/mol. The Balaban J connectivity index is 3.39. The molecule has 0 saturated heterocycles. The molecule has 0 aliphatic heterocycles. The van der Waals surface area contributed by atoms with Crippen molar-refractivity contribution in [1.29, 1.82) is 0 Å². The van der Waals surface area contributed by atoms with Gasteiger partial charge in [0.05, 0.1) is 0 Å². The first-order valence-electron chi connectivity index (χ1n) is 5.71. The van der Waals surface area contributed by atoms with E-state index in [1.807, 2.05) is 20.8 Å². The van der Waals surface area contributed by atoms with Gasteiger partial charge in [-0.2, -0.15) is 0 Å². The quantitative estimate of drug-likeness (QED) is 0.518. The van der Waals surface area contributed by atoms with E-state index in [-0.39, 0.29) is 24.5 Å². The van der Waals surface area contributed by atoms with Crippen LogP contribution in [0.2, 0.25) is 0 Å². The standard InChI is InChI=1S/C11H24N2O2/c1-4-10(3)13-11(15)5-6-12-7-9(2)8-14/h9-10,12,14H,4-8H2,1-3H3,(H,13,15). The van der Waals surface area contributed by atoms with Crippen LogP contribution < -0.4 is 10.6 Å². The number of hydrogen-bond donors (Lipinski definition) is 3. The van der Waals surface area contributed by atoms with Crippen molar-refractivity contribution in [3.05, 3.63) is 0 Å². The molecule has 4 heteroatoms. The summed E-state index contributed by atoms with van der Waals surface area (Å²) in [5.74, 6) is 0.344. The van der Waals surface area contributed by atoms with Crippen LogP contribution in [0.15, 0.2) is 0 Å². The summed E-state index contributed by atoms with van der Waals surface area (Å²) in [5.41, 5.74) is 0. The predicted octanol–water partition coefficient (Wildman–Crippen LogP) is 0.509. The molecule has 3 N–H and O–H groups in total. The van der Waals surface area contributed by atoms with E-state index >= 15 is 0 Å². The minimum absolute atomic E-state index is 0.0912. The number of carbonyl (C=O) groups is 1. The molecule has 4 nitrogen and oxygen atoms in total. The molecular weight excluding hydrogens is 192 g/mol. The maximum atomic E-state index is 11.3. The van der Waals surface area contributed by atoms with Crippen molar-refractivity contribution in [2.24, 2.45) is 5.92 Å². The fourth-order valence-electron chi connectivity index (χ4n) is 1.06. The molecule has 0 radical (unpaired) electrons. The summed E-state index contributed by atoms with van der Waals surface area (Å²) in [6, 6.07) is 0.258. The lowest BCUT2D eigenvalue weighted by Crippen LogP contribution is -2.34. The van der Waals surface area contributed by atoms with Crippen LogP contribution in [0.1, 0.15) is 33.6 Å². The summed E-state index contributed by atoms with van der Waals surface area (Å²) < 4.78 is 0. The van der Waals surface area contributed by atoms with Crippen LogP contribution in [0.25, 0.3) is 0 Å². The molecule has 0 saturated carbocycles. The Hall–Kier alpha value is -0.610. The van der Waals surface area contributed by atoms with Crippen LogP contribution in [0.4, 0.5) is 0 Å². The third-order valence-electron chi connectivity index (χ3n) is 2.35. The van der Waals surface area contributed by atoms with Crippen molar-refractivity contribution in [3.8, 4) is 0 Å². The molecule has 0 rings (SSSR count). The Labute approximate surface area is 92.4 Å². The fraction of sp³-hybridized carbons (Fsp3) is 0.909. The molecule has 0 fully saturated rings. The van der Waals surface area contributed by atoms with Gasteiger partial charge in [-0.05, 0) is 25.8 Å². The zero-order valence-corrected chi connectivity index (χ0v) is 10.0. The summed E-state index contributed by atoms with van der Waals surface area (Å²) in [7, 11) is 0. The van der Waals surface area contributed by atoms with Crippen LogP contribution in [0.5, 0.6) is 0 Å². The Morgan fingerprint density at radius 3 is 2.60 bits per heavy atom. The average Bonchev–Trinajstić information content (AvgIpc) is 2.23. The first-order valence-corrected chi connectivity index (χ1v) is 5.71. The van der Waals surface area contributed by atoms with Gasteiger partial charge in [0.15, 0.2) is 0 Å². The van der Waals surface area contributed by atoms with Crippen molar-refractivity contribution in [3.63, 3.8) is 0 Å². The molecule has 15 heavy (non-hydrogen) atoms. The number of aliphatic hydroxyl groups is 1. The molecule has 0 aromatic rings. The number of rotatable bonds is 8. The topological polar surface area (TPSA) is 61.4 Å². The van der Waals surface area contributed by atoms with Crippen LogP contribution in [0, 0.1) is 5.92 Å². The number of aliphatic hydroxyl groups excluding tert-OH is 1. The van der Waals surface area contributed by atoms with Gasteiger partial charge in [-0.25, -0.2) is 0 Å². The van der Waals surface area contributed by atoms with Gasteiger partial charge in [0.1, 0.15) is 0 Å². The van der Waals surface area contributed by atoms with Gasteiger partial charge in [-0.3, -0.25) is 4.79 Å². The highest BCUT2D eigenvalue weighted by Gasteiger charge is 2.05. The first kappa shape index (κ1) is 14.4. The lowest BCUT2D eigenvalue weighted by Gasteiger charge is -2.12. The molecule has 2 atom stereocenters. The third-order valence-corrected chi connectivity index (χ3v) is 2.35. The first-order chi connectivity index (χ1) is 7.10. The molecule has 0 aromatic heterocycles. The van der Waals surface area contributed by atoms with Gasteiger partial charge in [-0.15, -0.1) is 0 Å². The molecule has 1 amide bonds. The molecule has 0 aliphatic rings. The van der Waals surface area contributed by atoms with Crippen LogP contribution >= 0.6 is 0 Å². The molecule has 0 bridgehead atoms. The van der Waals surface area contributed by atoms with E-state index in [1.54, 1.807) is 0 Å². The van der Waals surface area contributed by atoms with Gasteiger partial charge in [-0.1, -0.05) is 13.8 Å². The van der Waals surface area contributed by atoms with Crippen molar-refractivity contribution in [2.75, 3.05) is 19.7 Å². The van der Waals surface area contributed by atoms with Crippen molar-refractivity contribution >= 4 is 5.91 Å². The van der Waals surface area contributed by atoms with E-state index in [1.165, 1.54) is 0 Å². The number of nitrogens with one attached hydrogen (secondary N) is 2. The minimum Gasteiger partial charge on any atom is -0.396 e. The zero-order chi connectivity index (χ0) is 11.7. The van der Waals surface area contributed by atoms with Gasteiger partial charge >= 0.3 is 0 Å². The van der Waals surface area contributed by atoms with Gasteiger partial charge in [0, 0.05) is 25.6 Å². The van der Waals surface area contributed by atoms with E-state index in [9.17, 15) is 4.79 Å². The van der Waals surface area contributed by atoms with Crippen LogP contribution in [-0.4, -0.2) is 36.8 Å². The molecule has 0 heterocycles. The third kappa shape index (κ3) is 8.39. The molecular formula is C11H24N2O2. The Morgan fingerprint density at radius 1 is 1.40 bits per heavy atom. The predicted molar refractivity (Wildman–Crippen MR) is 61.6 cm³/mol. The summed E-state index contributed by atoms with van der Waals surface area (Å²) >= 11 is 0. The molecule has 90 valence electrons. The number of carbonyl (C=O) groups excluding carboxylic acids is 1. The van der Waals surface area contributed by atoms with Gasteiger partial charge in [0.2, 0.25) is 5.91 Å². The zero-order valence-electron chi connectivity index (χ0n) is 10.0. The lowest BCUT2D eigenvalue weighted by atomic mass is 10.2. The van der Waals surface area contributed by atoms with Gasteiger partial charge in [0.25, 0.3) is 0 Å². The second-order valence-electron chi connectivity index (χ2n) is 4.12. The van der Waals surface area contributed by atoms with Crippen molar-refractivity contribution in [2.45, 2.75) is 39.7 Å². The number of hydrogen-bond acceptors (Lipinski definition) is 3. The summed E-state index contributed by atoms with van der Waals surface area (Å²) in [6.07, 6.45) is 1.46. The Bertz CT molecular complexity index is 174. The smallest absolute Gasteiger partial charge is 0.221 e. The Morgan fingerprint density at radius 2 is 2.07 bits per heavy atom. The second-order valence-corrected chi connectivity index (χ2v) is 4.12. The maximum Gasteiger partial charge on any atom is 0.221 e. The van der Waals surface area contributed by atoms with E-state index in [2.05, 4.69) is 10.6 Å². The maximum absolute atomic E-state index is 11.3. The average molecular weight is 216 g/mol. The van der Waals surface area contributed by atoms with Crippen molar-refractivity contribution in [1.82, 2.24) is 10.6 Å². The fourth-order valence-corrected chi connectivity index (χ4v) is 1.06. The highest BCUT2D eigenvalue weighted by atomic mass is 16.3. The lowest BCUT2D eigenvalue weighted by molar-refractivity contribution is -0.121.